The number of guanidine groups is 1. The number of hydrogen-bond acceptors (Lipinski definition) is 3. The van der Waals surface area contributed by atoms with E-state index in [1.807, 2.05) is 18.2 Å². The number of aliphatic imine (C=N–C) groups is 1. The topological polar surface area (TPSA) is 80.0 Å². The molecule has 1 aliphatic heterocycles. The normalized spacial score (nSPS) is 17.2. The highest BCUT2D eigenvalue weighted by molar-refractivity contribution is 14.0. The summed E-state index contributed by atoms with van der Waals surface area (Å²) >= 11 is 0. The number of benzene rings is 1. The Hall–Kier alpha value is -1.51. The quantitative estimate of drug-likeness (QED) is 0.325. The molecule has 6 nitrogen and oxygen atoms in total. The highest BCUT2D eigenvalue weighted by Gasteiger charge is 2.23. The van der Waals surface area contributed by atoms with Crippen LogP contribution in [0.5, 0.6) is 5.75 Å². The van der Waals surface area contributed by atoms with E-state index in [2.05, 4.69) is 37.1 Å². The number of para-hydroxylation sites is 1. The lowest BCUT2D eigenvalue weighted by atomic mass is 9.95. The lowest BCUT2D eigenvalue weighted by Gasteiger charge is -2.34. The molecule has 7 heteroatoms. The fourth-order valence-electron chi connectivity index (χ4n) is 3.33. The zero-order valence-electron chi connectivity index (χ0n) is 17.3. The Morgan fingerprint density at radius 1 is 1.39 bits per heavy atom. The van der Waals surface area contributed by atoms with Crippen LogP contribution in [0.2, 0.25) is 0 Å². The zero-order chi connectivity index (χ0) is 19.6. The maximum absolute atomic E-state index is 11.3. The third-order valence-corrected chi connectivity index (χ3v) is 4.59. The minimum atomic E-state index is -0.222. The van der Waals surface area contributed by atoms with E-state index in [-0.39, 0.29) is 29.9 Å². The number of carbonyl (C=O) groups is 1. The van der Waals surface area contributed by atoms with Crippen LogP contribution in [-0.4, -0.2) is 43.0 Å². The molecular weight excluding hydrogens is 467 g/mol. The molecule has 1 aromatic carbocycles. The van der Waals surface area contributed by atoms with Crippen LogP contribution in [0.4, 0.5) is 0 Å². The molecule has 0 aliphatic carbocycles. The number of rotatable bonds is 8. The van der Waals surface area contributed by atoms with E-state index in [9.17, 15) is 4.79 Å². The third-order valence-electron chi connectivity index (χ3n) is 4.59. The molecule has 158 valence electrons. The maximum atomic E-state index is 11.3. The van der Waals surface area contributed by atoms with Crippen molar-refractivity contribution < 1.29 is 9.53 Å². The summed E-state index contributed by atoms with van der Waals surface area (Å²) in [4.78, 5) is 18.4. The van der Waals surface area contributed by atoms with Gasteiger partial charge in [0.15, 0.2) is 5.96 Å². The number of nitrogens with two attached hydrogens (primary N) is 1. The van der Waals surface area contributed by atoms with E-state index in [0.29, 0.717) is 31.4 Å². The smallest absolute Gasteiger partial charge is 0.217 e. The molecule has 0 radical (unpaired) electrons. The Morgan fingerprint density at radius 2 is 2.14 bits per heavy atom. The second-order valence-electron chi connectivity index (χ2n) is 7.61. The Balaban J connectivity index is 0.00000392. The molecule has 0 bridgehead atoms. The van der Waals surface area contributed by atoms with Gasteiger partial charge >= 0.3 is 0 Å². The van der Waals surface area contributed by atoms with Gasteiger partial charge in [0.2, 0.25) is 5.91 Å². The first-order valence-corrected chi connectivity index (χ1v) is 10.0. The van der Waals surface area contributed by atoms with Gasteiger partial charge in [-0.3, -0.25) is 4.79 Å². The SMILES string of the molecule is CCNC(=NCc1ccccc1OCC(C)C)N1CCCC(CC(N)=O)C1.I. The number of halogens is 1. The number of amides is 1. The van der Waals surface area contributed by atoms with Crippen LogP contribution >= 0.6 is 24.0 Å². The average molecular weight is 502 g/mol. The number of likely N-dealkylation sites (tertiary alicyclic amines) is 1. The molecule has 1 unspecified atom stereocenters. The van der Waals surface area contributed by atoms with E-state index in [0.717, 1.165) is 49.7 Å². The minimum absolute atomic E-state index is 0. The molecule has 1 amide bonds. The van der Waals surface area contributed by atoms with Crippen molar-refractivity contribution in [2.75, 3.05) is 26.2 Å². The van der Waals surface area contributed by atoms with Gasteiger partial charge in [-0.15, -0.1) is 24.0 Å². The molecular formula is C21H35IN4O2. The van der Waals surface area contributed by atoms with E-state index >= 15 is 0 Å². The summed E-state index contributed by atoms with van der Waals surface area (Å²) in [7, 11) is 0. The number of nitrogens with zero attached hydrogens (tertiary/aromatic N) is 2. The Morgan fingerprint density at radius 3 is 2.82 bits per heavy atom. The lowest BCUT2D eigenvalue weighted by molar-refractivity contribution is -0.119. The minimum Gasteiger partial charge on any atom is -0.493 e. The summed E-state index contributed by atoms with van der Waals surface area (Å²) in [6.45, 7) is 10.2. The second kappa shape index (κ2) is 12.9. The van der Waals surface area contributed by atoms with Crippen LogP contribution in [-0.2, 0) is 11.3 Å². The van der Waals surface area contributed by atoms with Gasteiger partial charge < -0.3 is 20.7 Å². The zero-order valence-corrected chi connectivity index (χ0v) is 19.6. The van der Waals surface area contributed by atoms with Crippen molar-refractivity contribution >= 4 is 35.8 Å². The van der Waals surface area contributed by atoms with Gasteiger partial charge in [0, 0.05) is 31.6 Å². The third kappa shape index (κ3) is 8.24. The van der Waals surface area contributed by atoms with Gasteiger partial charge in [-0.1, -0.05) is 32.0 Å². The predicted octanol–water partition coefficient (Wildman–Crippen LogP) is 3.39. The number of piperidine rings is 1. The van der Waals surface area contributed by atoms with Crippen LogP contribution in [0.25, 0.3) is 0 Å². The molecule has 1 aliphatic rings. The van der Waals surface area contributed by atoms with Gasteiger partial charge in [-0.05, 0) is 37.7 Å². The lowest BCUT2D eigenvalue weighted by Crippen LogP contribution is -2.47. The van der Waals surface area contributed by atoms with Crippen molar-refractivity contribution in [3.8, 4) is 5.75 Å². The van der Waals surface area contributed by atoms with E-state index in [4.69, 9.17) is 15.5 Å². The molecule has 3 N–H and O–H groups in total. The van der Waals surface area contributed by atoms with Gasteiger partial charge in [0.25, 0.3) is 0 Å². The number of nitrogens with one attached hydrogen (secondary N) is 1. The Kier molecular flexibility index (Phi) is 11.3. The fourth-order valence-corrected chi connectivity index (χ4v) is 3.33. The molecule has 28 heavy (non-hydrogen) atoms. The first kappa shape index (κ1) is 24.5. The highest BCUT2D eigenvalue weighted by Crippen LogP contribution is 2.22. The van der Waals surface area contributed by atoms with E-state index in [1.54, 1.807) is 0 Å². The first-order valence-electron chi connectivity index (χ1n) is 10.0. The first-order chi connectivity index (χ1) is 13.0. The summed E-state index contributed by atoms with van der Waals surface area (Å²) in [6, 6.07) is 8.08. The Bertz CT molecular complexity index is 637. The van der Waals surface area contributed by atoms with Gasteiger partial charge in [-0.2, -0.15) is 0 Å². The van der Waals surface area contributed by atoms with Crippen LogP contribution in [0.15, 0.2) is 29.3 Å². The molecule has 0 spiro atoms. The standard InChI is InChI=1S/C21H34N4O2.HI/c1-4-23-21(25-11-7-8-17(14-25)12-20(22)26)24-13-18-9-5-6-10-19(18)27-15-16(2)3;/h5-6,9-10,16-17H,4,7-8,11-15H2,1-3H3,(H2,22,26)(H,23,24);1H. The van der Waals surface area contributed by atoms with Gasteiger partial charge in [-0.25, -0.2) is 4.99 Å². The van der Waals surface area contributed by atoms with E-state index in [1.165, 1.54) is 0 Å². The summed E-state index contributed by atoms with van der Waals surface area (Å²) in [5.41, 5.74) is 6.47. The molecule has 1 heterocycles. The van der Waals surface area contributed by atoms with Crippen LogP contribution in [0, 0.1) is 11.8 Å². The number of primary amides is 1. The monoisotopic (exact) mass is 502 g/mol. The van der Waals surface area contributed by atoms with Crippen molar-refractivity contribution in [3.05, 3.63) is 29.8 Å². The van der Waals surface area contributed by atoms with E-state index < -0.39 is 0 Å². The largest absolute Gasteiger partial charge is 0.493 e. The molecule has 2 rings (SSSR count). The molecule has 0 aromatic heterocycles. The Labute approximate surface area is 186 Å². The average Bonchev–Trinajstić information content (AvgIpc) is 2.63. The van der Waals surface area contributed by atoms with Crippen molar-refractivity contribution in [1.29, 1.82) is 0 Å². The molecule has 0 saturated carbocycles. The summed E-state index contributed by atoms with van der Waals surface area (Å²) in [5.74, 6) is 2.36. The van der Waals surface area contributed by atoms with Crippen LogP contribution < -0.4 is 15.8 Å². The van der Waals surface area contributed by atoms with Gasteiger partial charge in [0.1, 0.15) is 5.75 Å². The van der Waals surface area contributed by atoms with Crippen molar-refractivity contribution in [1.82, 2.24) is 10.2 Å². The van der Waals surface area contributed by atoms with Crippen molar-refractivity contribution in [2.24, 2.45) is 22.6 Å². The number of hydrogen-bond donors (Lipinski definition) is 2. The molecule has 1 fully saturated rings. The summed E-state index contributed by atoms with van der Waals surface area (Å²) < 4.78 is 5.94. The fraction of sp³-hybridized carbons (Fsp3) is 0.619. The number of carbonyl (C=O) groups excluding carboxylic acids is 1. The maximum Gasteiger partial charge on any atom is 0.217 e. The highest BCUT2D eigenvalue weighted by atomic mass is 127. The van der Waals surface area contributed by atoms with Crippen LogP contribution in [0.1, 0.15) is 45.6 Å². The van der Waals surface area contributed by atoms with Gasteiger partial charge in [0.05, 0.1) is 13.2 Å². The van der Waals surface area contributed by atoms with Crippen LogP contribution in [0.3, 0.4) is 0 Å². The summed E-state index contributed by atoms with van der Waals surface area (Å²) in [6.07, 6.45) is 2.54. The van der Waals surface area contributed by atoms with Crippen molar-refractivity contribution in [3.63, 3.8) is 0 Å². The van der Waals surface area contributed by atoms with Crippen molar-refractivity contribution in [2.45, 2.75) is 46.6 Å². The molecule has 1 atom stereocenters. The summed E-state index contributed by atoms with van der Waals surface area (Å²) in [5, 5.41) is 3.39. The predicted molar refractivity (Wildman–Crippen MR) is 125 cm³/mol. The number of ether oxygens (including phenoxy) is 1. The second-order valence-corrected chi connectivity index (χ2v) is 7.61. The molecule has 1 saturated heterocycles. The molecule has 1 aromatic rings.